The third-order valence-electron chi connectivity index (χ3n) is 1.74. The fraction of sp³-hybridized carbons (Fsp3) is 0. The summed E-state index contributed by atoms with van der Waals surface area (Å²) in [4.78, 5) is 20.0. The Hall–Kier alpha value is -2.15. The van der Waals surface area contributed by atoms with Crippen LogP contribution < -0.4 is 5.32 Å². The number of benzene rings is 1. The zero-order chi connectivity index (χ0) is 13.0. The van der Waals surface area contributed by atoms with Crippen molar-refractivity contribution in [1.82, 2.24) is 0 Å². The summed E-state index contributed by atoms with van der Waals surface area (Å²) >= 11 is 5.42. The molecule has 0 aliphatic carbocycles. The standard InChI is InChI=1S/C9H6ClFN2O4/c10-5-1-2-6(12-3-4-13(16)17)7(8(5)11)9(14)15/h1-4,12H,(H,14,15). The minimum atomic E-state index is -1.53. The van der Waals surface area contributed by atoms with E-state index in [1.165, 1.54) is 6.07 Å². The Kier molecular flexibility index (Phi) is 4.00. The first kappa shape index (κ1) is 12.9. The molecule has 1 aromatic rings. The lowest BCUT2D eigenvalue weighted by atomic mass is 10.1. The molecule has 1 rings (SSSR count). The van der Waals surface area contributed by atoms with E-state index in [0.29, 0.717) is 6.20 Å². The van der Waals surface area contributed by atoms with Gasteiger partial charge in [-0.25, -0.2) is 9.18 Å². The molecule has 0 atom stereocenters. The maximum absolute atomic E-state index is 13.4. The fourth-order valence-corrected chi connectivity index (χ4v) is 1.23. The third-order valence-corrected chi connectivity index (χ3v) is 2.04. The van der Waals surface area contributed by atoms with Crippen molar-refractivity contribution in [3.63, 3.8) is 0 Å². The smallest absolute Gasteiger partial charge is 0.340 e. The molecule has 8 heteroatoms. The van der Waals surface area contributed by atoms with E-state index in [4.69, 9.17) is 16.7 Å². The number of aromatic carboxylic acids is 1. The van der Waals surface area contributed by atoms with Crippen molar-refractivity contribution in [2.45, 2.75) is 0 Å². The number of rotatable bonds is 4. The zero-order valence-corrected chi connectivity index (χ0v) is 8.94. The highest BCUT2D eigenvalue weighted by Crippen LogP contribution is 2.25. The number of nitro groups is 1. The number of halogens is 2. The van der Waals surface area contributed by atoms with E-state index in [0.717, 1.165) is 12.3 Å². The normalized spacial score (nSPS) is 10.5. The molecule has 0 aliphatic rings. The average Bonchev–Trinajstić information content (AvgIpc) is 2.22. The van der Waals surface area contributed by atoms with Gasteiger partial charge in [-0.3, -0.25) is 10.1 Å². The van der Waals surface area contributed by atoms with Gasteiger partial charge >= 0.3 is 5.97 Å². The number of anilines is 1. The Bertz CT molecular complexity index is 504. The van der Waals surface area contributed by atoms with Gasteiger partial charge in [0.05, 0.1) is 21.8 Å². The Morgan fingerprint density at radius 2 is 2.24 bits per heavy atom. The van der Waals surface area contributed by atoms with Gasteiger partial charge in [0.15, 0.2) is 5.82 Å². The molecule has 0 unspecified atom stereocenters. The van der Waals surface area contributed by atoms with Crippen LogP contribution in [0.15, 0.2) is 24.5 Å². The highest BCUT2D eigenvalue weighted by Gasteiger charge is 2.18. The molecular weight excluding hydrogens is 255 g/mol. The minimum Gasteiger partial charge on any atom is -0.478 e. The highest BCUT2D eigenvalue weighted by molar-refractivity contribution is 6.31. The van der Waals surface area contributed by atoms with Crippen LogP contribution in [0.4, 0.5) is 10.1 Å². The van der Waals surface area contributed by atoms with E-state index in [2.05, 4.69) is 5.32 Å². The quantitative estimate of drug-likeness (QED) is 0.640. The van der Waals surface area contributed by atoms with Crippen molar-refractivity contribution < 1.29 is 19.2 Å². The predicted octanol–water partition coefficient (Wildman–Crippen LogP) is 2.34. The van der Waals surface area contributed by atoms with Crippen LogP contribution in [0.25, 0.3) is 0 Å². The molecule has 0 heterocycles. The van der Waals surface area contributed by atoms with Gasteiger partial charge in [0, 0.05) is 0 Å². The van der Waals surface area contributed by atoms with E-state index in [1.54, 1.807) is 0 Å². The Labute approximate surface area is 99.5 Å². The van der Waals surface area contributed by atoms with Gasteiger partial charge in [-0.1, -0.05) is 11.6 Å². The van der Waals surface area contributed by atoms with Crippen molar-refractivity contribution in [3.05, 3.63) is 51.1 Å². The lowest BCUT2D eigenvalue weighted by Gasteiger charge is -2.07. The van der Waals surface area contributed by atoms with Gasteiger partial charge in [0.2, 0.25) is 6.20 Å². The molecule has 0 saturated carbocycles. The van der Waals surface area contributed by atoms with Crippen LogP contribution in [0.2, 0.25) is 5.02 Å². The van der Waals surface area contributed by atoms with Gasteiger partial charge in [-0.05, 0) is 12.1 Å². The van der Waals surface area contributed by atoms with Crippen LogP contribution in [0.3, 0.4) is 0 Å². The molecule has 90 valence electrons. The molecule has 2 N–H and O–H groups in total. The predicted molar refractivity (Wildman–Crippen MR) is 58.1 cm³/mol. The fourth-order valence-electron chi connectivity index (χ4n) is 1.07. The lowest BCUT2D eigenvalue weighted by molar-refractivity contribution is -0.402. The van der Waals surface area contributed by atoms with Crippen LogP contribution in [0.1, 0.15) is 10.4 Å². The number of carbonyl (C=O) groups is 1. The van der Waals surface area contributed by atoms with Gasteiger partial charge in [-0.15, -0.1) is 0 Å². The second kappa shape index (κ2) is 5.26. The molecule has 6 nitrogen and oxygen atoms in total. The monoisotopic (exact) mass is 260 g/mol. The molecule has 17 heavy (non-hydrogen) atoms. The largest absolute Gasteiger partial charge is 0.478 e. The first-order valence-corrected chi connectivity index (χ1v) is 4.59. The van der Waals surface area contributed by atoms with Crippen molar-refractivity contribution >= 4 is 23.3 Å². The van der Waals surface area contributed by atoms with Gasteiger partial charge in [0.1, 0.15) is 5.56 Å². The van der Waals surface area contributed by atoms with Crippen LogP contribution in [0, 0.1) is 15.9 Å². The molecule has 0 spiro atoms. The number of hydrogen-bond donors (Lipinski definition) is 2. The molecule has 0 bridgehead atoms. The van der Waals surface area contributed by atoms with E-state index < -0.39 is 22.3 Å². The van der Waals surface area contributed by atoms with Crippen molar-refractivity contribution in [2.24, 2.45) is 0 Å². The summed E-state index contributed by atoms with van der Waals surface area (Å²) in [6.07, 6.45) is 1.44. The molecule has 1 aromatic carbocycles. The maximum atomic E-state index is 13.4. The number of carboxylic acid groups (broad SMARTS) is 1. The summed E-state index contributed by atoms with van der Waals surface area (Å²) in [6.45, 7) is 0. The van der Waals surface area contributed by atoms with E-state index in [9.17, 15) is 19.3 Å². The summed E-state index contributed by atoms with van der Waals surface area (Å²) in [5.74, 6) is -2.62. The van der Waals surface area contributed by atoms with Gasteiger partial charge in [-0.2, -0.15) is 0 Å². The van der Waals surface area contributed by atoms with Crippen LogP contribution in [-0.4, -0.2) is 16.0 Å². The molecule has 0 amide bonds. The van der Waals surface area contributed by atoms with Crippen molar-refractivity contribution in [3.8, 4) is 0 Å². The third kappa shape index (κ3) is 3.15. The topological polar surface area (TPSA) is 92.5 Å². The Morgan fingerprint density at radius 3 is 2.76 bits per heavy atom. The summed E-state index contributed by atoms with van der Waals surface area (Å²) in [6, 6.07) is 2.35. The number of nitrogens with one attached hydrogen (secondary N) is 1. The van der Waals surface area contributed by atoms with Crippen molar-refractivity contribution in [1.29, 1.82) is 0 Å². The van der Waals surface area contributed by atoms with Crippen molar-refractivity contribution in [2.75, 3.05) is 5.32 Å². The number of carboxylic acids is 1. The molecule has 0 radical (unpaired) electrons. The zero-order valence-electron chi connectivity index (χ0n) is 8.18. The first-order chi connectivity index (χ1) is 7.93. The average molecular weight is 261 g/mol. The van der Waals surface area contributed by atoms with Crippen LogP contribution in [0.5, 0.6) is 0 Å². The van der Waals surface area contributed by atoms with Gasteiger partial charge < -0.3 is 10.4 Å². The summed E-state index contributed by atoms with van der Waals surface area (Å²) < 4.78 is 13.4. The minimum absolute atomic E-state index is 0.127. The summed E-state index contributed by atoms with van der Waals surface area (Å²) in [5, 5.41) is 20.7. The summed E-state index contributed by atoms with van der Waals surface area (Å²) in [7, 11) is 0. The number of hydrogen-bond acceptors (Lipinski definition) is 4. The number of nitrogens with zero attached hydrogens (tertiary/aromatic N) is 1. The van der Waals surface area contributed by atoms with E-state index in [1.807, 2.05) is 0 Å². The summed E-state index contributed by atoms with van der Waals surface area (Å²) in [5.41, 5.74) is -0.803. The second-order valence-corrected chi connectivity index (χ2v) is 3.24. The molecule has 0 fully saturated rings. The van der Waals surface area contributed by atoms with Gasteiger partial charge in [0.25, 0.3) is 0 Å². The Balaban J connectivity index is 3.12. The molecule has 0 saturated heterocycles. The highest BCUT2D eigenvalue weighted by atomic mass is 35.5. The first-order valence-electron chi connectivity index (χ1n) is 4.21. The maximum Gasteiger partial charge on any atom is 0.340 e. The SMILES string of the molecule is O=C(O)c1c(NC=C[N+](=O)[O-])ccc(Cl)c1F. The van der Waals surface area contributed by atoms with E-state index >= 15 is 0 Å². The molecular formula is C9H6ClFN2O4. The Morgan fingerprint density at radius 1 is 1.59 bits per heavy atom. The lowest BCUT2D eigenvalue weighted by Crippen LogP contribution is -2.06. The molecule has 0 aromatic heterocycles. The van der Waals surface area contributed by atoms with Crippen LogP contribution >= 0.6 is 11.6 Å². The van der Waals surface area contributed by atoms with Crippen LogP contribution in [-0.2, 0) is 0 Å². The van der Waals surface area contributed by atoms with E-state index in [-0.39, 0.29) is 10.7 Å². The molecule has 0 aliphatic heterocycles. The second-order valence-electron chi connectivity index (χ2n) is 2.83.